The number of methoxy groups -OCH3 is 1. The summed E-state index contributed by atoms with van der Waals surface area (Å²) in [7, 11) is 1.58. The highest BCUT2D eigenvalue weighted by Crippen LogP contribution is 2.41. The normalized spacial score (nSPS) is 10.8. The topological polar surface area (TPSA) is 103 Å². The summed E-state index contributed by atoms with van der Waals surface area (Å²) in [5.41, 5.74) is 5.98. The van der Waals surface area contributed by atoms with Crippen molar-refractivity contribution >= 4 is 5.97 Å². The molecule has 168 valence electrons. The van der Waals surface area contributed by atoms with Crippen LogP contribution in [-0.4, -0.2) is 45.3 Å². The van der Waals surface area contributed by atoms with E-state index in [2.05, 4.69) is 25.6 Å². The maximum Gasteiger partial charge on any atom is 0.340 e. The third kappa shape index (κ3) is 4.19. The highest BCUT2D eigenvalue weighted by Gasteiger charge is 2.26. The predicted octanol–water partition coefficient (Wildman–Crippen LogP) is 4.65. The van der Waals surface area contributed by atoms with Crippen molar-refractivity contribution in [3.63, 3.8) is 0 Å². The van der Waals surface area contributed by atoms with E-state index in [1.54, 1.807) is 14.0 Å². The first-order valence-corrected chi connectivity index (χ1v) is 10.8. The second-order valence-electron chi connectivity index (χ2n) is 7.38. The zero-order valence-corrected chi connectivity index (χ0v) is 19.0. The minimum atomic E-state index is -0.426. The van der Waals surface area contributed by atoms with Crippen molar-refractivity contribution in [3.8, 4) is 39.4 Å². The molecule has 8 heteroatoms. The van der Waals surface area contributed by atoms with Gasteiger partial charge in [-0.3, -0.25) is 4.98 Å². The molecule has 0 saturated heterocycles. The number of hydrogen-bond donors (Lipinski definition) is 1. The van der Waals surface area contributed by atoms with E-state index in [1.165, 1.54) is 0 Å². The monoisotopic (exact) mass is 443 g/mol. The van der Waals surface area contributed by atoms with E-state index in [-0.39, 0.29) is 6.61 Å². The molecule has 0 saturated carbocycles. The second-order valence-corrected chi connectivity index (χ2v) is 7.38. The van der Waals surface area contributed by atoms with Crippen LogP contribution in [0, 0.1) is 6.92 Å². The minimum absolute atomic E-state index is 0.263. The van der Waals surface area contributed by atoms with Gasteiger partial charge in [-0.15, -0.1) is 5.10 Å². The van der Waals surface area contributed by atoms with E-state index in [4.69, 9.17) is 9.47 Å². The van der Waals surface area contributed by atoms with Crippen LogP contribution in [0.25, 0.3) is 33.6 Å². The lowest BCUT2D eigenvalue weighted by molar-refractivity contribution is 0.0525. The highest BCUT2D eigenvalue weighted by atomic mass is 16.5. The van der Waals surface area contributed by atoms with Crippen LogP contribution in [-0.2, 0) is 11.2 Å². The van der Waals surface area contributed by atoms with Gasteiger partial charge in [-0.1, -0.05) is 49.4 Å². The quantitative estimate of drug-likeness (QED) is 0.415. The van der Waals surface area contributed by atoms with Crippen molar-refractivity contribution < 1.29 is 14.3 Å². The molecule has 4 aromatic rings. The van der Waals surface area contributed by atoms with Crippen LogP contribution in [0.4, 0.5) is 0 Å². The van der Waals surface area contributed by atoms with Crippen molar-refractivity contribution in [2.24, 2.45) is 0 Å². The van der Waals surface area contributed by atoms with Gasteiger partial charge < -0.3 is 9.47 Å². The maximum atomic E-state index is 13.0. The van der Waals surface area contributed by atoms with Crippen molar-refractivity contribution in [3.05, 3.63) is 65.5 Å². The summed E-state index contributed by atoms with van der Waals surface area (Å²) >= 11 is 0. The molecule has 0 radical (unpaired) electrons. The standard InChI is InChI=1S/C25H25N5O3/c1-5-20-22(25(31)33-6-2)21(23(32-4)15(3)26-20)17-12-13-18(16-10-8-7-9-11-16)19(14-17)24-27-29-30-28-24/h7-14H,5-6H2,1-4H3,(H,27,28,29,30). The first-order chi connectivity index (χ1) is 16.1. The molecule has 8 nitrogen and oxygen atoms in total. The SMILES string of the molecule is CCOC(=O)c1c(CC)nc(C)c(OC)c1-c1ccc(-c2ccccc2)c(-c2nnn[nH]2)c1. The third-order valence-electron chi connectivity index (χ3n) is 5.41. The van der Waals surface area contributed by atoms with E-state index in [0.29, 0.717) is 40.5 Å². The summed E-state index contributed by atoms with van der Waals surface area (Å²) in [6.07, 6.45) is 0.576. The molecular formula is C25H25N5O3. The lowest BCUT2D eigenvalue weighted by Crippen LogP contribution is -2.14. The number of tetrazole rings is 1. The summed E-state index contributed by atoms with van der Waals surface area (Å²) in [4.78, 5) is 17.7. The zero-order chi connectivity index (χ0) is 23.4. The average molecular weight is 444 g/mol. The van der Waals surface area contributed by atoms with Gasteiger partial charge in [0.1, 0.15) is 5.75 Å². The number of aromatic amines is 1. The molecule has 33 heavy (non-hydrogen) atoms. The Kier molecular flexibility index (Phi) is 6.44. The molecule has 0 fully saturated rings. The van der Waals surface area contributed by atoms with Crippen LogP contribution < -0.4 is 4.74 Å². The number of ether oxygens (including phenoxy) is 2. The molecule has 1 N–H and O–H groups in total. The van der Waals surface area contributed by atoms with Gasteiger partial charge in [-0.05, 0) is 53.5 Å². The van der Waals surface area contributed by atoms with Gasteiger partial charge in [0.25, 0.3) is 0 Å². The van der Waals surface area contributed by atoms with Gasteiger partial charge in [0, 0.05) is 11.1 Å². The predicted molar refractivity (Wildman–Crippen MR) is 125 cm³/mol. The molecule has 4 rings (SSSR count). The molecule has 0 atom stereocenters. The Morgan fingerprint density at radius 2 is 1.82 bits per heavy atom. The summed E-state index contributed by atoms with van der Waals surface area (Å²) in [5.74, 6) is 0.628. The van der Waals surface area contributed by atoms with Crippen LogP contribution in [0.1, 0.15) is 35.6 Å². The molecule has 0 unspecified atom stereocenters. The summed E-state index contributed by atoms with van der Waals surface area (Å²) in [6.45, 7) is 5.88. The lowest BCUT2D eigenvalue weighted by atomic mass is 9.91. The van der Waals surface area contributed by atoms with Crippen molar-refractivity contribution in [2.75, 3.05) is 13.7 Å². The number of nitrogens with one attached hydrogen (secondary N) is 1. The Morgan fingerprint density at radius 3 is 2.45 bits per heavy atom. The Morgan fingerprint density at radius 1 is 1.03 bits per heavy atom. The lowest BCUT2D eigenvalue weighted by Gasteiger charge is -2.19. The fraction of sp³-hybridized carbons (Fsp3) is 0.240. The average Bonchev–Trinajstić information content (AvgIpc) is 3.38. The first-order valence-electron chi connectivity index (χ1n) is 10.8. The number of rotatable bonds is 7. The van der Waals surface area contributed by atoms with Crippen molar-refractivity contribution in [1.82, 2.24) is 25.6 Å². The number of carbonyl (C=O) groups excluding carboxylic acids is 1. The van der Waals surface area contributed by atoms with Crippen molar-refractivity contribution in [1.29, 1.82) is 0 Å². The molecule has 0 aliphatic carbocycles. The van der Waals surface area contributed by atoms with E-state index < -0.39 is 5.97 Å². The number of H-pyrrole nitrogens is 1. The van der Waals surface area contributed by atoms with Crippen molar-refractivity contribution in [2.45, 2.75) is 27.2 Å². The molecule has 0 bridgehead atoms. The summed E-state index contributed by atoms with van der Waals surface area (Å²) in [5, 5.41) is 14.5. The fourth-order valence-electron chi connectivity index (χ4n) is 3.99. The number of carbonyl (C=O) groups is 1. The van der Waals surface area contributed by atoms with Crippen LogP contribution in [0.2, 0.25) is 0 Å². The molecule has 0 spiro atoms. The molecule has 2 heterocycles. The molecular weight excluding hydrogens is 418 g/mol. The molecule has 0 amide bonds. The van der Waals surface area contributed by atoms with Crippen LogP contribution in [0.15, 0.2) is 48.5 Å². The highest BCUT2D eigenvalue weighted by molar-refractivity contribution is 6.01. The Bertz CT molecular complexity index is 1270. The summed E-state index contributed by atoms with van der Waals surface area (Å²) in [6, 6.07) is 15.9. The van der Waals surface area contributed by atoms with Crippen LogP contribution >= 0.6 is 0 Å². The van der Waals surface area contributed by atoms with E-state index >= 15 is 0 Å². The van der Waals surface area contributed by atoms with Crippen LogP contribution in [0.5, 0.6) is 5.75 Å². The number of esters is 1. The first kappa shape index (κ1) is 22.1. The van der Waals surface area contributed by atoms with E-state index in [0.717, 1.165) is 22.3 Å². The van der Waals surface area contributed by atoms with E-state index in [1.807, 2.05) is 62.4 Å². The number of aromatic nitrogens is 5. The molecule has 2 aromatic carbocycles. The molecule has 0 aliphatic rings. The Balaban J connectivity index is 2.02. The smallest absolute Gasteiger partial charge is 0.340 e. The van der Waals surface area contributed by atoms with E-state index in [9.17, 15) is 4.79 Å². The Labute approximate surface area is 192 Å². The Hall–Kier alpha value is -4.07. The number of pyridine rings is 1. The summed E-state index contributed by atoms with van der Waals surface area (Å²) < 4.78 is 11.1. The largest absolute Gasteiger partial charge is 0.494 e. The third-order valence-corrected chi connectivity index (χ3v) is 5.41. The number of benzene rings is 2. The van der Waals surface area contributed by atoms with Gasteiger partial charge in [-0.2, -0.15) is 0 Å². The van der Waals surface area contributed by atoms with Gasteiger partial charge in [0.05, 0.1) is 30.7 Å². The fourth-order valence-corrected chi connectivity index (χ4v) is 3.99. The number of nitrogens with zero attached hydrogens (tertiary/aromatic N) is 4. The van der Waals surface area contributed by atoms with Crippen LogP contribution in [0.3, 0.4) is 0 Å². The number of aryl methyl sites for hydroxylation is 2. The van der Waals surface area contributed by atoms with Gasteiger partial charge in [0.2, 0.25) is 0 Å². The van der Waals surface area contributed by atoms with Gasteiger partial charge >= 0.3 is 5.97 Å². The molecule has 2 aromatic heterocycles. The van der Waals surface area contributed by atoms with Gasteiger partial charge in [0.15, 0.2) is 5.82 Å². The minimum Gasteiger partial charge on any atom is -0.494 e. The zero-order valence-electron chi connectivity index (χ0n) is 19.0. The molecule has 0 aliphatic heterocycles. The maximum absolute atomic E-state index is 13.0. The van der Waals surface area contributed by atoms with Gasteiger partial charge in [-0.25, -0.2) is 9.89 Å². The second kappa shape index (κ2) is 9.60. The number of hydrogen-bond acceptors (Lipinski definition) is 7.